The Hall–Kier alpha value is -0.710. The largest absolute Gasteiger partial charge is 0.377 e. The summed E-state index contributed by atoms with van der Waals surface area (Å²) in [5.41, 5.74) is 0. The average Bonchev–Trinajstić information content (AvgIpc) is 2.81. The Morgan fingerprint density at radius 1 is 1.44 bits per heavy atom. The molecule has 0 radical (unpaired) electrons. The van der Waals surface area contributed by atoms with E-state index in [9.17, 15) is 4.79 Å². The Bertz CT molecular complexity index is 336. The second-order valence-electron chi connectivity index (χ2n) is 4.73. The number of nitrogens with zero attached hydrogens (tertiary/aromatic N) is 1. The molecule has 0 aliphatic rings. The maximum Gasteiger partial charge on any atom is 0.172 e. The number of thiophene rings is 1. The van der Waals surface area contributed by atoms with Gasteiger partial charge in [0.15, 0.2) is 5.78 Å². The van der Waals surface area contributed by atoms with Gasteiger partial charge >= 0.3 is 0 Å². The van der Waals surface area contributed by atoms with E-state index in [4.69, 9.17) is 4.74 Å². The molecular weight excluding hydrogens is 246 g/mol. The van der Waals surface area contributed by atoms with Gasteiger partial charge in [-0.25, -0.2) is 0 Å². The quantitative estimate of drug-likeness (QED) is 0.645. The summed E-state index contributed by atoms with van der Waals surface area (Å²) in [6.45, 7) is 6.70. The summed E-state index contributed by atoms with van der Waals surface area (Å²) >= 11 is 1.52. The molecule has 1 aromatic rings. The van der Waals surface area contributed by atoms with Crippen LogP contribution in [-0.4, -0.2) is 43.5 Å². The second kappa shape index (κ2) is 8.40. The molecule has 0 fully saturated rings. The van der Waals surface area contributed by atoms with E-state index in [1.54, 1.807) is 0 Å². The smallest absolute Gasteiger partial charge is 0.172 e. The zero-order valence-electron chi connectivity index (χ0n) is 11.5. The third-order valence-corrected chi connectivity index (χ3v) is 3.57. The standard InChI is InChI=1S/C14H23NO2S/c1-12(2)17-10-9-15(3)8-4-6-13(16)14-7-5-11-18-14/h5,7,11-12H,4,6,8-10H2,1-3H3. The molecule has 0 spiro atoms. The molecular formula is C14H23NO2S. The van der Waals surface area contributed by atoms with Crippen molar-refractivity contribution in [3.8, 4) is 0 Å². The summed E-state index contributed by atoms with van der Waals surface area (Å²) in [5.74, 6) is 0.261. The topological polar surface area (TPSA) is 29.5 Å². The van der Waals surface area contributed by atoms with Crippen LogP contribution in [0.4, 0.5) is 0 Å². The number of likely N-dealkylation sites (N-methyl/N-ethyl adjacent to an activating group) is 1. The number of Topliss-reactive ketones (excluding diaryl/α,β-unsaturated/α-hetero) is 1. The Kier molecular flexibility index (Phi) is 7.16. The summed E-state index contributed by atoms with van der Waals surface area (Å²) in [6, 6.07) is 3.82. The number of hydrogen-bond acceptors (Lipinski definition) is 4. The van der Waals surface area contributed by atoms with Crippen LogP contribution in [0.3, 0.4) is 0 Å². The molecule has 0 saturated heterocycles. The number of hydrogen-bond donors (Lipinski definition) is 0. The molecule has 1 aromatic heterocycles. The third-order valence-electron chi connectivity index (χ3n) is 2.66. The van der Waals surface area contributed by atoms with Crippen molar-refractivity contribution in [2.45, 2.75) is 32.8 Å². The van der Waals surface area contributed by atoms with Crippen LogP contribution in [0.25, 0.3) is 0 Å². The van der Waals surface area contributed by atoms with E-state index < -0.39 is 0 Å². The van der Waals surface area contributed by atoms with Crippen LogP contribution in [0.2, 0.25) is 0 Å². The van der Waals surface area contributed by atoms with Gasteiger partial charge in [0.25, 0.3) is 0 Å². The van der Waals surface area contributed by atoms with Crippen molar-refractivity contribution >= 4 is 17.1 Å². The van der Waals surface area contributed by atoms with Crippen molar-refractivity contribution in [2.75, 3.05) is 26.7 Å². The summed E-state index contributed by atoms with van der Waals surface area (Å²) < 4.78 is 5.49. The molecule has 18 heavy (non-hydrogen) atoms. The van der Waals surface area contributed by atoms with Crippen LogP contribution >= 0.6 is 11.3 Å². The highest BCUT2D eigenvalue weighted by atomic mass is 32.1. The first-order chi connectivity index (χ1) is 8.59. The predicted molar refractivity (Wildman–Crippen MR) is 76.5 cm³/mol. The van der Waals surface area contributed by atoms with Gasteiger partial charge in [-0.3, -0.25) is 4.79 Å². The van der Waals surface area contributed by atoms with Crippen molar-refractivity contribution in [2.24, 2.45) is 0 Å². The zero-order valence-corrected chi connectivity index (χ0v) is 12.3. The van der Waals surface area contributed by atoms with Crippen molar-refractivity contribution < 1.29 is 9.53 Å². The van der Waals surface area contributed by atoms with Crippen LogP contribution < -0.4 is 0 Å². The van der Waals surface area contributed by atoms with Crippen molar-refractivity contribution in [3.05, 3.63) is 22.4 Å². The van der Waals surface area contributed by atoms with E-state index in [1.807, 2.05) is 31.4 Å². The highest BCUT2D eigenvalue weighted by Crippen LogP contribution is 2.12. The minimum absolute atomic E-state index is 0.261. The normalized spacial score (nSPS) is 11.4. The van der Waals surface area contributed by atoms with E-state index in [-0.39, 0.29) is 5.78 Å². The molecule has 3 nitrogen and oxygen atoms in total. The zero-order chi connectivity index (χ0) is 13.4. The lowest BCUT2D eigenvalue weighted by atomic mass is 10.2. The van der Waals surface area contributed by atoms with Gasteiger partial charge in [-0.2, -0.15) is 0 Å². The van der Waals surface area contributed by atoms with Gasteiger partial charge < -0.3 is 9.64 Å². The fourth-order valence-electron chi connectivity index (χ4n) is 1.63. The van der Waals surface area contributed by atoms with Gasteiger partial charge in [0.1, 0.15) is 0 Å². The lowest BCUT2D eigenvalue weighted by Crippen LogP contribution is -2.25. The summed E-state index contributed by atoms with van der Waals surface area (Å²) in [5, 5.41) is 1.95. The molecule has 0 aliphatic carbocycles. The maximum atomic E-state index is 11.8. The lowest BCUT2D eigenvalue weighted by Gasteiger charge is -2.17. The van der Waals surface area contributed by atoms with Crippen LogP contribution in [0, 0.1) is 0 Å². The molecule has 0 bridgehead atoms. The molecule has 0 aromatic carbocycles. The van der Waals surface area contributed by atoms with Crippen LogP contribution in [0.15, 0.2) is 17.5 Å². The lowest BCUT2D eigenvalue weighted by molar-refractivity contribution is 0.0635. The number of rotatable bonds is 9. The number of carbonyl (C=O) groups excluding carboxylic acids is 1. The second-order valence-corrected chi connectivity index (χ2v) is 5.67. The number of carbonyl (C=O) groups is 1. The molecule has 1 rings (SSSR count). The summed E-state index contributed by atoms with van der Waals surface area (Å²) in [4.78, 5) is 14.8. The monoisotopic (exact) mass is 269 g/mol. The molecule has 1 heterocycles. The molecule has 0 aliphatic heterocycles. The van der Waals surface area contributed by atoms with Gasteiger partial charge in [-0.1, -0.05) is 6.07 Å². The third kappa shape index (κ3) is 6.28. The number of ketones is 1. The van der Waals surface area contributed by atoms with Gasteiger partial charge in [0.2, 0.25) is 0 Å². The molecule has 102 valence electrons. The Morgan fingerprint density at radius 2 is 2.22 bits per heavy atom. The first-order valence-electron chi connectivity index (χ1n) is 6.46. The van der Waals surface area contributed by atoms with Gasteiger partial charge in [-0.15, -0.1) is 11.3 Å². The Labute approximate surface area is 114 Å². The van der Waals surface area contributed by atoms with Crippen LogP contribution in [0.5, 0.6) is 0 Å². The molecule has 0 saturated carbocycles. The predicted octanol–water partition coefficient (Wildman–Crippen LogP) is 3.07. The highest BCUT2D eigenvalue weighted by molar-refractivity contribution is 7.12. The molecule has 4 heteroatoms. The Balaban J connectivity index is 2.08. The highest BCUT2D eigenvalue weighted by Gasteiger charge is 2.07. The van der Waals surface area contributed by atoms with E-state index >= 15 is 0 Å². The number of ether oxygens (including phenoxy) is 1. The SMILES string of the molecule is CC(C)OCCN(C)CCCC(=O)c1cccs1. The molecule has 0 N–H and O–H groups in total. The van der Waals surface area contributed by atoms with Crippen molar-refractivity contribution in [3.63, 3.8) is 0 Å². The van der Waals surface area contributed by atoms with E-state index in [0.717, 1.165) is 31.0 Å². The first-order valence-corrected chi connectivity index (χ1v) is 7.34. The van der Waals surface area contributed by atoms with E-state index in [0.29, 0.717) is 12.5 Å². The van der Waals surface area contributed by atoms with E-state index in [1.165, 1.54) is 11.3 Å². The van der Waals surface area contributed by atoms with Crippen molar-refractivity contribution in [1.82, 2.24) is 4.90 Å². The van der Waals surface area contributed by atoms with E-state index in [2.05, 4.69) is 11.9 Å². The van der Waals surface area contributed by atoms with Crippen molar-refractivity contribution in [1.29, 1.82) is 0 Å². The first kappa shape index (κ1) is 15.3. The maximum absolute atomic E-state index is 11.8. The molecule has 0 unspecified atom stereocenters. The summed E-state index contributed by atoms with van der Waals surface area (Å²) in [7, 11) is 2.07. The average molecular weight is 269 g/mol. The van der Waals surface area contributed by atoms with Gasteiger partial charge in [0.05, 0.1) is 17.6 Å². The van der Waals surface area contributed by atoms with Gasteiger partial charge in [0, 0.05) is 13.0 Å². The summed E-state index contributed by atoms with van der Waals surface area (Å²) in [6.07, 6.45) is 1.84. The van der Waals surface area contributed by atoms with Crippen LogP contribution in [0.1, 0.15) is 36.4 Å². The fourth-order valence-corrected chi connectivity index (χ4v) is 2.32. The minimum Gasteiger partial charge on any atom is -0.377 e. The molecule has 0 amide bonds. The fraction of sp³-hybridized carbons (Fsp3) is 0.643. The molecule has 0 atom stereocenters. The van der Waals surface area contributed by atoms with Crippen LogP contribution in [-0.2, 0) is 4.74 Å². The minimum atomic E-state index is 0.261. The Morgan fingerprint density at radius 3 is 2.83 bits per heavy atom. The van der Waals surface area contributed by atoms with Gasteiger partial charge in [-0.05, 0) is 45.3 Å².